The molecule has 0 aliphatic heterocycles. The summed E-state index contributed by atoms with van der Waals surface area (Å²) in [7, 11) is -2.14. The average Bonchev–Trinajstić information content (AvgIpc) is 2.31. The van der Waals surface area contributed by atoms with Crippen molar-refractivity contribution < 1.29 is 13.2 Å². The van der Waals surface area contributed by atoms with Crippen molar-refractivity contribution >= 4 is 37.6 Å². The molecule has 0 saturated carbocycles. The van der Waals surface area contributed by atoms with Gasteiger partial charge in [-0.05, 0) is 41.0 Å². The van der Waals surface area contributed by atoms with Crippen LogP contribution in [0.25, 0.3) is 0 Å². The van der Waals surface area contributed by atoms with Crippen molar-refractivity contribution in [2.75, 3.05) is 20.2 Å². The molecule has 0 radical (unpaired) electrons. The third kappa shape index (κ3) is 3.83. The van der Waals surface area contributed by atoms with Gasteiger partial charge < -0.3 is 10.5 Å². The number of rotatable bonds is 6. The molecule has 8 heteroatoms. The van der Waals surface area contributed by atoms with Crippen LogP contribution in [0, 0.1) is 0 Å². The first-order chi connectivity index (χ1) is 8.42. The molecule has 0 aliphatic rings. The molecule has 5 nitrogen and oxygen atoms in total. The molecule has 0 unspecified atom stereocenters. The lowest BCUT2D eigenvalue weighted by atomic mass is 10.3. The minimum absolute atomic E-state index is 0.0744. The zero-order chi connectivity index (χ0) is 13.8. The Labute approximate surface area is 120 Å². The molecule has 1 rings (SSSR count). The minimum Gasteiger partial charge on any atom is -0.495 e. The maximum Gasteiger partial charge on any atom is 0.241 e. The molecule has 0 aliphatic carbocycles. The monoisotopic (exact) mass is 356 g/mol. The number of ether oxygens (including phenoxy) is 1. The molecule has 3 N–H and O–H groups in total. The number of hydrogen-bond donors (Lipinski definition) is 2. The van der Waals surface area contributed by atoms with Crippen LogP contribution in [-0.2, 0) is 10.0 Å². The van der Waals surface area contributed by atoms with Crippen LogP contribution in [0.15, 0.2) is 21.5 Å². The summed E-state index contributed by atoms with van der Waals surface area (Å²) < 4.78 is 31.8. The van der Waals surface area contributed by atoms with Crippen LogP contribution in [-0.4, -0.2) is 28.6 Å². The highest BCUT2D eigenvalue weighted by Gasteiger charge is 2.19. The van der Waals surface area contributed by atoms with Crippen LogP contribution in [0.2, 0.25) is 5.02 Å². The van der Waals surface area contributed by atoms with Gasteiger partial charge >= 0.3 is 0 Å². The van der Waals surface area contributed by atoms with Gasteiger partial charge in [0, 0.05) is 11.0 Å². The summed E-state index contributed by atoms with van der Waals surface area (Å²) >= 11 is 9.10. The van der Waals surface area contributed by atoms with Gasteiger partial charge in [-0.3, -0.25) is 0 Å². The van der Waals surface area contributed by atoms with Gasteiger partial charge in [0.05, 0.1) is 17.0 Å². The molecule has 0 atom stereocenters. The Kier molecular flexibility index (Phi) is 5.87. The summed E-state index contributed by atoms with van der Waals surface area (Å²) in [5.74, 6) is 0.407. The Morgan fingerprint density at radius 3 is 2.72 bits per heavy atom. The van der Waals surface area contributed by atoms with Gasteiger partial charge in [-0.25, -0.2) is 13.1 Å². The third-order valence-corrected chi connectivity index (χ3v) is 4.88. The van der Waals surface area contributed by atoms with Gasteiger partial charge in [0.2, 0.25) is 10.0 Å². The zero-order valence-corrected chi connectivity index (χ0v) is 12.9. The fraction of sp³-hybridized carbons (Fsp3) is 0.400. The highest BCUT2D eigenvalue weighted by molar-refractivity contribution is 9.10. The Morgan fingerprint density at radius 1 is 1.50 bits per heavy atom. The Balaban J connectivity index is 3.05. The number of nitrogens with one attached hydrogen (secondary N) is 1. The second kappa shape index (κ2) is 6.72. The Morgan fingerprint density at radius 2 is 2.17 bits per heavy atom. The van der Waals surface area contributed by atoms with Crippen LogP contribution < -0.4 is 15.2 Å². The number of benzene rings is 1. The van der Waals surface area contributed by atoms with Crippen molar-refractivity contribution in [3.8, 4) is 5.75 Å². The van der Waals surface area contributed by atoms with E-state index in [-0.39, 0.29) is 16.5 Å². The third-order valence-electron chi connectivity index (χ3n) is 2.17. The van der Waals surface area contributed by atoms with Gasteiger partial charge in [-0.15, -0.1) is 0 Å². The first-order valence-corrected chi connectivity index (χ1v) is 7.80. The fourth-order valence-electron chi connectivity index (χ4n) is 1.26. The molecule has 0 spiro atoms. The average molecular weight is 358 g/mol. The summed E-state index contributed by atoms with van der Waals surface area (Å²) in [6.07, 6.45) is 0.570. The normalized spacial score (nSPS) is 11.6. The maximum absolute atomic E-state index is 12.0. The van der Waals surface area contributed by atoms with Gasteiger partial charge in [0.1, 0.15) is 5.75 Å². The smallest absolute Gasteiger partial charge is 0.241 e. The van der Waals surface area contributed by atoms with E-state index < -0.39 is 10.0 Å². The second-order valence-electron chi connectivity index (χ2n) is 3.46. The topological polar surface area (TPSA) is 81.4 Å². The van der Waals surface area contributed by atoms with Crippen LogP contribution >= 0.6 is 27.5 Å². The van der Waals surface area contributed by atoms with Crippen LogP contribution in [0.4, 0.5) is 0 Å². The standard InChI is InChI=1S/C10H14BrClN2O3S/c1-17-9-5-7(11)10(6-8(9)12)18(15,16)14-4-2-3-13/h5-6,14H,2-4,13H2,1H3. The van der Waals surface area contributed by atoms with Crippen molar-refractivity contribution in [1.29, 1.82) is 0 Å². The fourth-order valence-corrected chi connectivity index (χ4v) is 3.68. The molecule has 0 fully saturated rings. The predicted octanol–water partition coefficient (Wildman–Crippen LogP) is 1.74. The van der Waals surface area contributed by atoms with Crippen LogP contribution in [0.3, 0.4) is 0 Å². The highest BCUT2D eigenvalue weighted by atomic mass is 79.9. The van der Waals surface area contributed by atoms with E-state index in [1.54, 1.807) is 0 Å². The van der Waals surface area contributed by atoms with E-state index in [0.29, 0.717) is 23.2 Å². The quantitative estimate of drug-likeness (QED) is 0.760. The van der Waals surface area contributed by atoms with Crippen molar-refractivity contribution in [3.05, 3.63) is 21.6 Å². The molecular weight excluding hydrogens is 344 g/mol. The summed E-state index contributed by atoms with van der Waals surface area (Å²) in [6.45, 7) is 0.710. The molecule has 1 aromatic carbocycles. The van der Waals surface area contributed by atoms with Crippen molar-refractivity contribution in [3.63, 3.8) is 0 Å². The first kappa shape index (κ1) is 15.7. The van der Waals surface area contributed by atoms with Gasteiger partial charge in [0.15, 0.2) is 0 Å². The van der Waals surface area contributed by atoms with E-state index in [2.05, 4.69) is 20.7 Å². The number of nitrogens with two attached hydrogens (primary N) is 1. The Bertz CT molecular complexity index is 522. The number of sulfonamides is 1. The molecule has 102 valence electrons. The summed E-state index contributed by atoms with van der Waals surface area (Å²) in [5.41, 5.74) is 5.31. The van der Waals surface area contributed by atoms with Crippen LogP contribution in [0.1, 0.15) is 6.42 Å². The molecule has 18 heavy (non-hydrogen) atoms. The predicted molar refractivity (Wildman–Crippen MR) is 74.6 cm³/mol. The highest BCUT2D eigenvalue weighted by Crippen LogP contribution is 2.33. The lowest BCUT2D eigenvalue weighted by Gasteiger charge is -2.10. The van der Waals surface area contributed by atoms with Crippen molar-refractivity contribution in [1.82, 2.24) is 4.72 Å². The van der Waals surface area contributed by atoms with Gasteiger partial charge in [-0.2, -0.15) is 0 Å². The summed E-state index contributed by atoms with van der Waals surface area (Å²) in [5, 5.41) is 0.236. The molecule has 0 saturated heterocycles. The lowest BCUT2D eigenvalue weighted by Crippen LogP contribution is -2.26. The molecule has 0 bridgehead atoms. The van der Waals surface area contributed by atoms with Crippen molar-refractivity contribution in [2.45, 2.75) is 11.3 Å². The Hall–Kier alpha value is -0.340. The van der Waals surface area contributed by atoms with Crippen molar-refractivity contribution in [2.24, 2.45) is 5.73 Å². The maximum atomic E-state index is 12.0. The molecule has 0 heterocycles. The summed E-state index contributed by atoms with van der Waals surface area (Å²) in [4.78, 5) is 0.0744. The van der Waals surface area contributed by atoms with Crippen LogP contribution in [0.5, 0.6) is 5.75 Å². The van der Waals surface area contributed by atoms with E-state index >= 15 is 0 Å². The largest absolute Gasteiger partial charge is 0.495 e. The van der Waals surface area contributed by atoms with Gasteiger partial charge in [0.25, 0.3) is 0 Å². The molecule has 0 aromatic heterocycles. The van der Waals surface area contributed by atoms with Gasteiger partial charge in [-0.1, -0.05) is 11.6 Å². The number of methoxy groups -OCH3 is 1. The number of halogens is 2. The van der Waals surface area contributed by atoms with E-state index in [4.69, 9.17) is 22.1 Å². The molecule has 0 amide bonds. The zero-order valence-electron chi connectivity index (χ0n) is 9.74. The van der Waals surface area contributed by atoms with E-state index in [1.807, 2.05) is 0 Å². The molecular formula is C10H14BrClN2O3S. The lowest BCUT2D eigenvalue weighted by molar-refractivity contribution is 0.414. The summed E-state index contributed by atoms with van der Waals surface area (Å²) in [6, 6.07) is 2.86. The minimum atomic E-state index is -3.60. The SMILES string of the molecule is COc1cc(Br)c(S(=O)(=O)NCCCN)cc1Cl. The van der Waals surface area contributed by atoms with E-state index in [9.17, 15) is 8.42 Å². The molecule has 1 aromatic rings. The first-order valence-electron chi connectivity index (χ1n) is 5.15. The second-order valence-corrected chi connectivity index (χ2v) is 6.45. The number of hydrogen-bond acceptors (Lipinski definition) is 4. The van der Waals surface area contributed by atoms with E-state index in [0.717, 1.165) is 0 Å². The van der Waals surface area contributed by atoms with E-state index in [1.165, 1.54) is 19.2 Å².